The lowest BCUT2D eigenvalue weighted by Crippen LogP contribution is -2.38. The number of carboxylic acid groups (broad SMARTS) is 1. The number of hydrogen-bond acceptors (Lipinski definition) is 6. The summed E-state index contributed by atoms with van der Waals surface area (Å²) >= 11 is 6.37. The fraction of sp³-hybridized carbons (Fsp3) is 0.286. The zero-order chi connectivity index (χ0) is 26.4. The van der Waals surface area contributed by atoms with Gasteiger partial charge in [-0.2, -0.15) is 0 Å². The fourth-order valence-electron chi connectivity index (χ4n) is 4.08. The molecule has 1 aliphatic heterocycles. The lowest BCUT2D eigenvalue weighted by atomic mass is 9.93. The number of ether oxygens (including phenoxy) is 4. The average Bonchev–Trinajstić information content (AvgIpc) is 2.89. The van der Waals surface area contributed by atoms with Gasteiger partial charge in [-0.1, -0.05) is 23.7 Å². The van der Waals surface area contributed by atoms with Gasteiger partial charge in [0.15, 0.2) is 0 Å². The first-order chi connectivity index (χ1) is 17.9. The molecule has 3 aromatic rings. The molecule has 1 aliphatic rings. The van der Waals surface area contributed by atoms with Crippen molar-refractivity contribution in [2.24, 2.45) is 0 Å². The van der Waals surface area contributed by atoms with Crippen molar-refractivity contribution in [2.75, 3.05) is 20.3 Å². The summed E-state index contributed by atoms with van der Waals surface area (Å²) in [6, 6.07) is 17.4. The van der Waals surface area contributed by atoms with E-state index < -0.39 is 18.1 Å². The molecule has 0 aliphatic carbocycles. The van der Waals surface area contributed by atoms with E-state index in [4.69, 9.17) is 30.5 Å². The molecule has 2 unspecified atom stereocenters. The summed E-state index contributed by atoms with van der Waals surface area (Å²) in [5, 5.41) is 12.6. The second-order valence-electron chi connectivity index (χ2n) is 8.44. The highest BCUT2D eigenvalue weighted by molar-refractivity contribution is 6.32. The number of methoxy groups -OCH3 is 1. The summed E-state index contributed by atoms with van der Waals surface area (Å²) in [5.74, 6) is 0.128. The van der Waals surface area contributed by atoms with Gasteiger partial charge >= 0.3 is 5.97 Å². The number of carbonyl (C=O) groups excluding carboxylic acids is 1. The van der Waals surface area contributed by atoms with Crippen LogP contribution in [0.1, 0.15) is 40.7 Å². The number of amides is 1. The Morgan fingerprint density at radius 1 is 1.11 bits per heavy atom. The van der Waals surface area contributed by atoms with Crippen molar-refractivity contribution in [2.45, 2.75) is 31.9 Å². The van der Waals surface area contributed by atoms with Crippen LogP contribution in [0.15, 0.2) is 60.7 Å². The van der Waals surface area contributed by atoms with Gasteiger partial charge in [0.1, 0.15) is 29.2 Å². The van der Waals surface area contributed by atoms with Crippen LogP contribution in [-0.4, -0.2) is 43.5 Å². The third-order valence-corrected chi connectivity index (χ3v) is 6.28. The molecule has 0 saturated heterocycles. The fourth-order valence-corrected chi connectivity index (χ4v) is 4.29. The molecule has 1 amide bonds. The van der Waals surface area contributed by atoms with Crippen molar-refractivity contribution in [1.82, 2.24) is 5.32 Å². The lowest BCUT2D eigenvalue weighted by molar-refractivity contribution is -0.139. The van der Waals surface area contributed by atoms with Crippen LogP contribution >= 0.6 is 11.6 Å². The Balaban J connectivity index is 1.42. The van der Waals surface area contributed by atoms with Gasteiger partial charge < -0.3 is 29.4 Å². The number of carbonyl (C=O) groups is 2. The number of fused-ring (bicyclic) bond motifs is 1. The van der Waals surface area contributed by atoms with Gasteiger partial charge in [-0.05, 0) is 61.4 Å². The minimum atomic E-state index is -0.918. The second-order valence-corrected chi connectivity index (χ2v) is 8.85. The van der Waals surface area contributed by atoms with Crippen LogP contribution in [0.5, 0.6) is 23.0 Å². The Labute approximate surface area is 220 Å². The monoisotopic (exact) mass is 525 g/mol. The van der Waals surface area contributed by atoms with Crippen molar-refractivity contribution < 1.29 is 33.6 Å². The first-order valence-corrected chi connectivity index (χ1v) is 12.3. The Kier molecular flexibility index (Phi) is 8.53. The molecule has 37 heavy (non-hydrogen) atoms. The highest BCUT2D eigenvalue weighted by atomic mass is 35.5. The van der Waals surface area contributed by atoms with Gasteiger partial charge in [-0.15, -0.1) is 0 Å². The van der Waals surface area contributed by atoms with Gasteiger partial charge in [0.2, 0.25) is 0 Å². The molecule has 8 nitrogen and oxygen atoms in total. The van der Waals surface area contributed by atoms with Crippen molar-refractivity contribution in [3.63, 3.8) is 0 Å². The highest BCUT2D eigenvalue weighted by Gasteiger charge is 2.29. The normalized spacial score (nSPS) is 15.2. The zero-order valence-corrected chi connectivity index (χ0v) is 21.3. The van der Waals surface area contributed by atoms with Crippen LogP contribution in [-0.2, 0) is 16.0 Å². The van der Waals surface area contributed by atoms with Gasteiger partial charge in [-0.3, -0.25) is 9.59 Å². The SMILES string of the molecule is CCOC(Cc1ccc(OC)cc1)NC(=O)c1ccc(Oc2cc3c(cc2Cl)C(C(=O)O)CCO3)cc1. The van der Waals surface area contributed by atoms with Crippen LogP contribution in [0.2, 0.25) is 5.02 Å². The largest absolute Gasteiger partial charge is 0.497 e. The van der Waals surface area contributed by atoms with E-state index >= 15 is 0 Å². The van der Waals surface area contributed by atoms with E-state index in [9.17, 15) is 14.7 Å². The molecule has 2 atom stereocenters. The maximum absolute atomic E-state index is 12.9. The molecule has 0 radical (unpaired) electrons. The summed E-state index contributed by atoms with van der Waals surface area (Å²) in [6.07, 6.45) is 0.393. The van der Waals surface area contributed by atoms with E-state index in [1.807, 2.05) is 31.2 Å². The van der Waals surface area contributed by atoms with Gasteiger partial charge in [0, 0.05) is 30.2 Å². The van der Waals surface area contributed by atoms with Crippen molar-refractivity contribution in [1.29, 1.82) is 0 Å². The van der Waals surface area contributed by atoms with Crippen LogP contribution in [0, 0.1) is 0 Å². The zero-order valence-electron chi connectivity index (χ0n) is 20.5. The van der Waals surface area contributed by atoms with E-state index in [1.165, 1.54) is 0 Å². The number of rotatable bonds is 10. The first kappa shape index (κ1) is 26.3. The summed E-state index contributed by atoms with van der Waals surface area (Å²) in [4.78, 5) is 24.4. The molecule has 0 saturated carbocycles. The molecule has 9 heteroatoms. The van der Waals surface area contributed by atoms with E-state index in [0.717, 1.165) is 11.3 Å². The first-order valence-electron chi connectivity index (χ1n) is 11.9. The summed E-state index contributed by atoms with van der Waals surface area (Å²) < 4.78 is 22.4. The Hall–Kier alpha value is -3.75. The number of benzene rings is 3. The lowest BCUT2D eigenvalue weighted by Gasteiger charge is -2.24. The van der Waals surface area contributed by atoms with Crippen LogP contribution in [0.3, 0.4) is 0 Å². The smallest absolute Gasteiger partial charge is 0.311 e. The minimum absolute atomic E-state index is 0.274. The molecule has 0 spiro atoms. The van der Waals surface area contributed by atoms with E-state index in [-0.39, 0.29) is 10.9 Å². The number of hydrogen-bond donors (Lipinski definition) is 2. The maximum atomic E-state index is 12.9. The molecule has 0 aromatic heterocycles. The third-order valence-electron chi connectivity index (χ3n) is 5.99. The molecule has 0 fully saturated rings. The quantitative estimate of drug-likeness (QED) is 0.340. The van der Waals surface area contributed by atoms with Gasteiger partial charge in [0.05, 0.1) is 24.7 Å². The molecular weight excluding hydrogens is 498 g/mol. The van der Waals surface area contributed by atoms with Crippen LogP contribution < -0.4 is 19.5 Å². The third kappa shape index (κ3) is 6.53. The van der Waals surface area contributed by atoms with E-state index in [2.05, 4.69) is 5.32 Å². The standard InChI is InChI=1S/C28H28ClNO7/c1-3-35-26(14-17-4-8-19(34-2)9-5-17)30-27(31)18-6-10-20(11-7-18)37-25-16-24-22(15-23(25)29)21(28(32)33)12-13-36-24/h4-11,15-16,21,26H,3,12-14H2,1-2H3,(H,30,31)(H,32,33). The number of halogens is 1. The molecule has 194 valence electrons. The second kappa shape index (κ2) is 12.0. The molecular formula is C28H28ClNO7. The topological polar surface area (TPSA) is 103 Å². The molecule has 0 bridgehead atoms. The van der Waals surface area contributed by atoms with Crippen molar-refractivity contribution >= 4 is 23.5 Å². The van der Waals surface area contributed by atoms with Gasteiger partial charge in [0.25, 0.3) is 5.91 Å². The Bertz CT molecular complexity index is 1240. The minimum Gasteiger partial charge on any atom is -0.497 e. The predicted molar refractivity (Wildman–Crippen MR) is 138 cm³/mol. The summed E-state index contributed by atoms with van der Waals surface area (Å²) in [6.45, 7) is 2.63. The Morgan fingerprint density at radius 3 is 2.46 bits per heavy atom. The van der Waals surface area contributed by atoms with E-state index in [1.54, 1.807) is 43.5 Å². The van der Waals surface area contributed by atoms with Crippen molar-refractivity contribution in [3.8, 4) is 23.0 Å². The highest BCUT2D eigenvalue weighted by Crippen LogP contribution is 2.41. The van der Waals surface area contributed by atoms with E-state index in [0.29, 0.717) is 54.4 Å². The van der Waals surface area contributed by atoms with Crippen molar-refractivity contribution in [3.05, 3.63) is 82.4 Å². The number of carboxylic acids is 1. The molecule has 2 N–H and O–H groups in total. The molecule has 1 heterocycles. The maximum Gasteiger partial charge on any atom is 0.311 e. The van der Waals surface area contributed by atoms with Crippen LogP contribution in [0.4, 0.5) is 0 Å². The predicted octanol–water partition coefficient (Wildman–Crippen LogP) is 5.43. The molecule has 4 rings (SSSR count). The summed E-state index contributed by atoms with van der Waals surface area (Å²) in [7, 11) is 1.61. The number of nitrogens with one attached hydrogen (secondary N) is 1. The average molecular weight is 526 g/mol. The van der Waals surface area contributed by atoms with Gasteiger partial charge in [-0.25, -0.2) is 0 Å². The molecule has 3 aromatic carbocycles. The van der Waals surface area contributed by atoms with Crippen LogP contribution in [0.25, 0.3) is 0 Å². The Morgan fingerprint density at radius 2 is 1.81 bits per heavy atom. The summed E-state index contributed by atoms with van der Waals surface area (Å²) in [5.41, 5.74) is 1.97. The number of aliphatic carboxylic acids is 1.